The molecule has 2 nitrogen and oxygen atoms in total. The van der Waals surface area contributed by atoms with Gasteiger partial charge in [0.25, 0.3) is 0 Å². The van der Waals surface area contributed by atoms with Gasteiger partial charge in [0.15, 0.2) is 0 Å². The first kappa shape index (κ1) is 14.0. The minimum Gasteiger partial charge on any atom is -0.362 e. The first-order valence-corrected chi connectivity index (χ1v) is 4.17. The molecule has 0 heterocycles. The molecule has 0 saturated carbocycles. The van der Waals surface area contributed by atoms with Crippen molar-refractivity contribution in [3.05, 3.63) is 0 Å². The van der Waals surface area contributed by atoms with Crippen LogP contribution < -0.4 is 6.15 Å². The van der Waals surface area contributed by atoms with E-state index < -0.39 is 9.93 Å². The third kappa shape index (κ3) is 4.16. The number of hydrogen-bond acceptors (Lipinski definition) is 2. The van der Waals surface area contributed by atoms with Crippen LogP contribution in [0, 0.1) is 5.41 Å². The Morgan fingerprint density at radius 2 is 1.64 bits per heavy atom. The maximum atomic E-state index is 9.21. The van der Waals surface area contributed by atoms with Crippen LogP contribution in [0.4, 0.5) is 0 Å². The van der Waals surface area contributed by atoms with Crippen molar-refractivity contribution in [3.8, 4) is 0 Å². The summed E-state index contributed by atoms with van der Waals surface area (Å²) < 4.78 is -1.61. The summed E-state index contributed by atoms with van der Waals surface area (Å²) in [5.74, 6) is 0. The van der Waals surface area contributed by atoms with Crippen molar-refractivity contribution in [2.24, 2.45) is 5.41 Å². The predicted molar refractivity (Wildman–Crippen MR) is 50.4 cm³/mol. The smallest absolute Gasteiger partial charge is 0.220 e. The first-order valence-electron chi connectivity index (χ1n) is 3.41. The summed E-state index contributed by atoms with van der Waals surface area (Å²) in [7, 11) is 0. The molecule has 0 spiro atoms. The van der Waals surface area contributed by atoms with Gasteiger partial charge in [-0.15, -0.1) is 0 Å². The fraction of sp³-hybridized carbons (Fsp3) is 1.00. The summed E-state index contributed by atoms with van der Waals surface area (Å²) in [6.45, 7) is 5.72. The van der Waals surface area contributed by atoms with Gasteiger partial charge in [0, 0.05) is 5.41 Å². The van der Waals surface area contributed by atoms with Crippen LogP contribution >= 0.6 is 23.2 Å². The molecule has 0 saturated heterocycles. The number of aliphatic hydroxyl groups is 1. The Bertz CT molecular complexity index is 109. The van der Waals surface area contributed by atoms with Crippen molar-refractivity contribution in [2.75, 3.05) is 0 Å². The highest BCUT2D eigenvalue weighted by Gasteiger charge is 2.39. The lowest BCUT2D eigenvalue weighted by molar-refractivity contribution is 0.0738. The van der Waals surface area contributed by atoms with Gasteiger partial charge in [-0.2, -0.15) is 0 Å². The first-order chi connectivity index (χ1) is 4.31. The van der Waals surface area contributed by atoms with E-state index in [1.165, 1.54) is 0 Å². The largest absolute Gasteiger partial charge is 0.362 e. The molecule has 0 unspecified atom stereocenters. The fourth-order valence-corrected chi connectivity index (χ4v) is 0.964. The molecule has 0 aliphatic carbocycles. The van der Waals surface area contributed by atoms with Crippen LogP contribution in [0.15, 0.2) is 0 Å². The van der Waals surface area contributed by atoms with Gasteiger partial charge >= 0.3 is 0 Å². The van der Waals surface area contributed by atoms with Gasteiger partial charge in [-0.3, -0.25) is 0 Å². The van der Waals surface area contributed by atoms with E-state index in [9.17, 15) is 5.11 Å². The van der Waals surface area contributed by atoms with E-state index >= 15 is 0 Å². The van der Waals surface area contributed by atoms with Gasteiger partial charge in [-0.1, -0.05) is 50.4 Å². The van der Waals surface area contributed by atoms with E-state index in [-0.39, 0.29) is 6.15 Å². The molecule has 11 heavy (non-hydrogen) atoms. The van der Waals surface area contributed by atoms with Crippen molar-refractivity contribution in [2.45, 2.75) is 38.1 Å². The van der Waals surface area contributed by atoms with Gasteiger partial charge < -0.3 is 11.3 Å². The molecule has 0 atom stereocenters. The third-order valence-electron chi connectivity index (χ3n) is 1.69. The Balaban J connectivity index is 0. The van der Waals surface area contributed by atoms with Gasteiger partial charge in [0.05, 0.1) is 0 Å². The molecular weight excluding hydrogens is 185 g/mol. The van der Waals surface area contributed by atoms with Crippen LogP contribution in [0.3, 0.4) is 0 Å². The maximum Gasteiger partial charge on any atom is 0.220 e. The van der Waals surface area contributed by atoms with E-state index in [0.717, 1.165) is 12.8 Å². The summed E-state index contributed by atoms with van der Waals surface area (Å²) in [5, 5.41) is 9.21. The highest BCUT2D eigenvalue weighted by Crippen LogP contribution is 2.41. The summed E-state index contributed by atoms with van der Waals surface area (Å²) in [6, 6.07) is 0. The second-order valence-electron chi connectivity index (χ2n) is 3.18. The lowest BCUT2D eigenvalue weighted by Crippen LogP contribution is -2.33. The van der Waals surface area contributed by atoms with E-state index in [2.05, 4.69) is 0 Å². The monoisotopic (exact) mass is 201 g/mol. The molecule has 0 amide bonds. The predicted octanol–water partition coefficient (Wildman–Crippen LogP) is 3.10. The highest BCUT2D eigenvalue weighted by atomic mass is 35.5. The molecule has 0 aliphatic heterocycles. The number of halogens is 2. The fourth-order valence-electron chi connectivity index (χ4n) is 0.775. The van der Waals surface area contributed by atoms with Crippen molar-refractivity contribution in [1.29, 1.82) is 0 Å². The van der Waals surface area contributed by atoms with Crippen LogP contribution in [-0.4, -0.2) is 9.63 Å². The molecule has 0 fully saturated rings. The minimum atomic E-state index is -1.61. The second kappa shape index (κ2) is 4.51. The summed E-state index contributed by atoms with van der Waals surface area (Å²) in [4.78, 5) is 0. The van der Waals surface area contributed by atoms with E-state index in [0.29, 0.717) is 0 Å². The zero-order valence-corrected chi connectivity index (χ0v) is 8.84. The summed E-state index contributed by atoms with van der Waals surface area (Å²) in [5.41, 5.74) is -0.426. The molecule has 0 aromatic rings. The Labute approximate surface area is 78.5 Å². The van der Waals surface area contributed by atoms with Gasteiger partial charge in [-0.05, 0) is 6.42 Å². The molecule has 0 radical (unpaired) electrons. The average Bonchev–Trinajstić information content (AvgIpc) is 1.61. The highest BCUT2D eigenvalue weighted by molar-refractivity contribution is 6.47. The van der Waals surface area contributed by atoms with Crippen LogP contribution in [0.5, 0.6) is 0 Å². The van der Waals surface area contributed by atoms with E-state index in [1.807, 2.05) is 20.8 Å². The SMILES string of the molecule is CCCC(C)(C)C(O)(Cl)Cl.N. The minimum absolute atomic E-state index is 0. The summed E-state index contributed by atoms with van der Waals surface area (Å²) in [6.07, 6.45) is 1.78. The number of alkyl halides is 2. The van der Waals surface area contributed by atoms with Crippen molar-refractivity contribution >= 4 is 23.2 Å². The average molecular weight is 202 g/mol. The quantitative estimate of drug-likeness (QED) is 0.691. The van der Waals surface area contributed by atoms with Crippen molar-refractivity contribution < 1.29 is 5.11 Å². The molecule has 0 aliphatic rings. The standard InChI is InChI=1S/C7H14Cl2O.H3N/c1-4-5-6(2,3)7(8,9)10;/h10H,4-5H2,1-3H3;1H3. The second-order valence-corrected chi connectivity index (χ2v) is 4.46. The molecule has 4 N–H and O–H groups in total. The Morgan fingerprint density at radius 3 is 1.73 bits per heavy atom. The van der Waals surface area contributed by atoms with Crippen LogP contribution in [0.1, 0.15) is 33.6 Å². The Morgan fingerprint density at radius 1 is 1.27 bits per heavy atom. The van der Waals surface area contributed by atoms with E-state index in [1.54, 1.807) is 0 Å². The Hall–Kier alpha value is 0.500. The Kier molecular flexibility index (Phi) is 5.76. The number of hydrogen-bond donors (Lipinski definition) is 2. The van der Waals surface area contributed by atoms with Gasteiger partial charge in [-0.25, -0.2) is 0 Å². The topological polar surface area (TPSA) is 55.2 Å². The van der Waals surface area contributed by atoms with Crippen LogP contribution in [-0.2, 0) is 0 Å². The third-order valence-corrected chi connectivity index (χ3v) is 2.71. The molecule has 0 bridgehead atoms. The molecule has 0 aromatic carbocycles. The molecule has 0 rings (SSSR count). The van der Waals surface area contributed by atoms with Gasteiger partial charge in [0.2, 0.25) is 4.52 Å². The maximum absolute atomic E-state index is 9.21. The van der Waals surface area contributed by atoms with Crippen molar-refractivity contribution in [3.63, 3.8) is 0 Å². The zero-order valence-electron chi connectivity index (χ0n) is 7.32. The zero-order chi connectivity index (χ0) is 8.41. The molecule has 4 heteroatoms. The normalized spacial score (nSPS) is 12.5. The summed E-state index contributed by atoms with van der Waals surface area (Å²) >= 11 is 11.0. The molecule has 0 aromatic heterocycles. The molecular formula is C7H17Cl2NO. The molecule has 70 valence electrons. The van der Waals surface area contributed by atoms with Gasteiger partial charge in [0.1, 0.15) is 0 Å². The van der Waals surface area contributed by atoms with Crippen molar-refractivity contribution in [1.82, 2.24) is 6.15 Å². The lowest BCUT2D eigenvalue weighted by atomic mass is 9.89. The lowest BCUT2D eigenvalue weighted by Gasteiger charge is -2.32. The van der Waals surface area contributed by atoms with Crippen LogP contribution in [0.2, 0.25) is 0 Å². The van der Waals surface area contributed by atoms with E-state index in [4.69, 9.17) is 23.2 Å². The van der Waals surface area contributed by atoms with Crippen LogP contribution in [0.25, 0.3) is 0 Å². The number of rotatable bonds is 3.